The first kappa shape index (κ1) is 23.3. The molecule has 1 heterocycles. The van der Waals surface area contributed by atoms with Gasteiger partial charge < -0.3 is 19.7 Å². The van der Waals surface area contributed by atoms with Crippen LogP contribution in [0.2, 0.25) is 0 Å². The van der Waals surface area contributed by atoms with Crippen LogP contribution in [0.1, 0.15) is 30.9 Å². The zero-order chi connectivity index (χ0) is 22.8. The minimum Gasteiger partial charge on any atom is -0.484 e. The largest absolute Gasteiger partial charge is 0.484 e. The maximum absolute atomic E-state index is 12.7. The number of nitrogens with zero attached hydrogens (tertiary/aromatic N) is 1. The van der Waals surface area contributed by atoms with Crippen LogP contribution in [0.25, 0.3) is 0 Å². The average Bonchev–Trinajstić information content (AvgIpc) is 2.82. The van der Waals surface area contributed by atoms with E-state index >= 15 is 0 Å². The molecule has 0 saturated carbocycles. The summed E-state index contributed by atoms with van der Waals surface area (Å²) in [5.41, 5.74) is 2.29. The predicted molar refractivity (Wildman–Crippen MR) is 120 cm³/mol. The van der Waals surface area contributed by atoms with Crippen molar-refractivity contribution in [2.24, 2.45) is 0 Å². The molecule has 0 bridgehead atoms. The van der Waals surface area contributed by atoms with Gasteiger partial charge >= 0.3 is 5.97 Å². The molecule has 7 heteroatoms. The Bertz CT molecular complexity index is 916. The molecule has 1 fully saturated rings. The van der Waals surface area contributed by atoms with E-state index in [9.17, 15) is 14.4 Å². The normalized spacial score (nSPS) is 15.7. The Morgan fingerprint density at radius 2 is 1.88 bits per heavy atom. The number of carbonyl (C=O) groups excluding carboxylic acids is 3. The van der Waals surface area contributed by atoms with Crippen molar-refractivity contribution in [3.05, 3.63) is 65.7 Å². The maximum Gasteiger partial charge on any atom is 0.308 e. The van der Waals surface area contributed by atoms with Crippen LogP contribution in [-0.4, -0.2) is 55.0 Å². The van der Waals surface area contributed by atoms with Gasteiger partial charge in [0.1, 0.15) is 11.8 Å². The van der Waals surface area contributed by atoms with E-state index in [4.69, 9.17) is 9.47 Å². The van der Waals surface area contributed by atoms with E-state index in [1.165, 1.54) is 10.5 Å². The molecule has 3 rings (SSSR count). The minimum absolute atomic E-state index is 0.172. The van der Waals surface area contributed by atoms with E-state index < -0.39 is 12.0 Å². The summed E-state index contributed by atoms with van der Waals surface area (Å²) in [6, 6.07) is 16.6. The van der Waals surface area contributed by atoms with Gasteiger partial charge in [0.25, 0.3) is 5.91 Å². The zero-order valence-corrected chi connectivity index (χ0v) is 18.4. The third-order valence-corrected chi connectivity index (χ3v) is 5.40. The van der Waals surface area contributed by atoms with Gasteiger partial charge in [-0.3, -0.25) is 14.4 Å². The van der Waals surface area contributed by atoms with E-state index in [0.29, 0.717) is 25.3 Å². The molecule has 1 aliphatic rings. The lowest BCUT2D eigenvalue weighted by atomic mass is 10.1. The van der Waals surface area contributed by atoms with Crippen molar-refractivity contribution >= 4 is 17.8 Å². The summed E-state index contributed by atoms with van der Waals surface area (Å²) in [5, 5.41) is 2.72. The van der Waals surface area contributed by atoms with Gasteiger partial charge in [-0.25, -0.2) is 0 Å². The zero-order valence-electron chi connectivity index (χ0n) is 18.4. The first-order valence-electron chi connectivity index (χ1n) is 11.0. The molecular weight excluding hydrogens is 408 g/mol. The molecule has 0 radical (unpaired) electrons. The van der Waals surface area contributed by atoms with Crippen LogP contribution < -0.4 is 10.1 Å². The fourth-order valence-electron chi connectivity index (χ4n) is 3.62. The second-order valence-electron chi connectivity index (χ2n) is 7.70. The number of piperazine rings is 1. The number of carbonyl (C=O) groups is 3. The smallest absolute Gasteiger partial charge is 0.308 e. The number of hydrogen-bond donors (Lipinski definition) is 1. The molecule has 2 aromatic rings. The van der Waals surface area contributed by atoms with Crippen molar-refractivity contribution in [1.82, 2.24) is 10.2 Å². The van der Waals surface area contributed by atoms with Gasteiger partial charge in [0.05, 0.1) is 13.0 Å². The lowest BCUT2D eigenvalue weighted by Gasteiger charge is -2.34. The van der Waals surface area contributed by atoms with Gasteiger partial charge in [0.2, 0.25) is 5.91 Å². The molecule has 170 valence electrons. The average molecular weight is 439 g/mol. The third-order valence-electron chi connectivity index (χ3n) is 5.40. The van der Waals surface area contributed by atoms with Crippen LogP contribution >= 0.6 is 0 Å². The quantitative estimate of drug-likeness (QED) is 0.455. The van der Waals surface area contributed by atoms with Gasteiger partial charge in [-0.2, -0.15) is 0 Å². The Balaban J connectivity index is 1.48. The molecule has 0 aromatic heterocycles. The monoisotopic (exact) mass is 438 g/mol. The van der Waals surface area contributed by atoms with Gasteiger partial charge in [0.15, 0.2) is 6.61 Å². The molecule has 1 unspecified atom stereocenters. The van der Waals surface area contributed by atoms with Crippen LogP contribution in [-0.2, 0) is 32.0 Å². The first-order valence-corrected chi connectivity index (χ1v) is 11.0. The summed E-state index contributed by atoms with van der Waals surface area (Å²) >= 11 is 0. The highest BCUT2D eigenvalue weighted by Gasteiger charge is 2.35. The van der Waals surface area contributed by atoms with E-state index in [0.717, 1.165) is 18.4 Å². The molecule has 1 N–H and O–H groups in total. The van der Waals surface area contributed by atoms with Gasteiger partial charge in [-0.05, 0) is 42.5 Å². The van der Waals surface area contributed by atoms with Crippen LogP contribution in [0.3, 0.4) is 0 Å². The van der Waals surface area contributed by atoms with E-state index in [-0.39, 0.29) is 31.4 Å². The number of ether oxygens (including phenoxy) is 2. The van der Waals surface area contributed by atoms with Crippen molar-refractivity contribution < 1.29 is 23.9 Å². The number of benzene rings is 2. The Hall–Kier alpha value is -3.35. The molecular formula is C25H30N2O5. The highest BCUT2D eigenvalue weighted by atomic mass is 16.5. The van der Waals surface area contributed by atoms with Crippen molar-refractivity contribution in [2.45, 2.75) is 38.6 Å². The molecule has 1 atom stereocenters. The highest BCUT2D eigenvalue weighted by Crippen LogP contribution is 2.15. The number of hydrogen-bond acceptors (Lipinski definition) is 5. The minimum atomic E-state index is -0.886. The predicted octanol–water partition coefficient (Wildman–Crippen LogP) is 2.52. The molecule has 2 aromatic carbocycles. The van der Waals surface area contributed by atoms with Gasteiger partial charge in [-0.1, -0.05) is 49.4 Å². The van der Waals surface area contributed by atoms with Crippen LogP contribution in [0.4, 0.5) is 0 Å². The van der Waals surface area contributed by atoms with Crippen molar-refractivity contribution in [3.63, 3.8) is 0 Å². The summed E-state index contributed by atoms with van der Waals surface area (Å²) < 4.78 is 10.9. The van der Waals surface area contributed by atoms with Gasteiger partial charge in [-0.15, -0.1) is 0 Å². The molecule has 2 amide bonds. The molecule has 1 aliphatic heterocycles. The van der Waals surface area contributed by atoms with Crippen molar-refractivity contribution in [2.75, 3.05) is 26.3 Å². The van der Waals surface area contributed by atoms with E-state index in [1.807, 2.05) is 55.5 Å². The van der Waals surface area contributed by atoms with Gasteiger partial charge in [0, 0.05) is 13.1 Å². The Morgan fingerprint density at radius 3 is 2.66 bits per heavy atom. The summed E-state index contributed by atoms with van der Waals surface area (Å²) in [6.45, 7) is 2.80. The van der Waals surface area contributed by atoms with Crippen molar-refractivity contribution in [3.8, 4) is 5.75 Å². The first-order chi connectivity index (χ1) is 15.6. The summed E-state index contributed by atoms with van der Waals surface area (Å²) in [5.74, 6) is -0.564. The second kappa shape index (κ2) is 11.9. The fourth-order valence-corrected chi connectivity index (χ4v) is 3.62. The fraction of sp³-hybridized carbons (Fsp3) is 0.400. The Kier molecular flexibility index (Phi) is 8.66. The van der Waals surface area contributed by atoms with E-state index in [1.54, 1.807) is 6.07 Å². The maximum atomic E-state index is 12.7. The van der Waals surface area contributed by atoms with Crippen LogP contribution in [0.5, 0.6) is 5.75 Å². The summed E-state index contributed by atoms with van der Waals surface area (Å²) in [7, 11) is 0. The summed E-state index contributed by atoms with van der Waals surface area (Å²) in [4.78, 5) is 38.8. The molecule has 0 aliphatic carbocycles. The number of rotatable bonds is 10. The molecule has 32 heavy (non-hydrogen) atoms. The third kappa shape index (κ3) is 6.83. The number of nitrogens with one attached hydrogen (secondary N) is 1. The van der Waals surface area contributed by atoms with Crippen molar-refractivity contribution in [1.29, 1.82) is 0 Å². The number of esters is 1. The Labute approximate surface area is 188 Å². The highest BCUT2D eigenvalue weighted by molar-refractivity contribution is 5.92. The lowest BCUT2D eigenvalue weighted by molar-refractivity contribution is -0.152. The SMILES string of the molecule is CCc1cccc(OCC(=O)N2CCNC(=O)C2CC(=O)OCCCc2ccccc2)c1. The standard InChI is InChI=1S/C25H30N2O5/c1-2-19-10-6-12-21(16-19)32-18-23(28)27-14-13-26-25(30)22(27)17-24(29)31-15-7-11-20-8-4-3-5-9-20/h3-6,8-10,12,16,22H,2,7,11,13-15,17-18H2,1H3,(H,26,30). The van der Waals surface area contributed by atoms with E-state index in [2.05, 4.69) is 5.32 Å². The second-order valence-corrected chi connectivity index (χ2v) is 7.70. The molecule has 0 spiro atoms. The molecule has 1 saturated heterocycles. The Morgan fingerprint density at radius 1 is 1.09 bits per heavy atom. The molecule has 7 nitrogen and oxygen atoms in total. The lowest BCUT2D eigenvalue weighted by Crippen LogP contribution is -2.58. The number of amides is 2. The number of aryl methyl sites for hydroxylation is 2. The van der Waals surface area contributed by atoms with Crippen LogP contribution in [0.15, 0.2) is 54.6 Å². The summed E-state index contributed by atoms with van der Waals surface area (Å²) in [6.07, 6.45) is 2.19. The topological polar surface area (TPSA) is 84.9 Å². The van der Waals surface area contributed by atoms with Crippen LogP contribution in [0, 0.1) is 0 Å².